The molecule has 0 amide bonds. The first-order valence-corrected chi connectivity index (χ1v) is 11.9. The molecule has 3 aromatic rings. The summed E-state index contributed by atoms with van der Waals surface area (Å²) in [4.78, 5) is 16.3. The van der Waals surface area contributed by atoms with Crippen LogP contribution in [0.5, 0.6) is 0 Å². The third-order valence-electron chi connectivity index (χ3n) is 6.80. The number of aromatic carboxylic acids is 1. The van der Waals surface area contributed by atoms with Crippen LogP contribution in [0.4, 0.5) is 0 Å². The van der Waals surface area contributed by atoms with E-state index in [9.17, 15) is 9.90 Å². The van der Waals surface area contributed by atoms with Crippen molar-refractivity contribution >= 4 is 5.97 Å². The van der Waals surface area contributed by atoms with Crippen molar-refractivity contribution in [1.29, 1.82) is 0 Å². The molecular formula is C27H33N3O3. The highest BCUT2D eigenvalue weighted by atomic mass is 16.5. The Morgan fingerprint density at radius 2 is 1.94 bits per heavy atom. The molecule has 33 heavy (non-hydrogen) atoms. The minimum absolute atomic E-state index is 0.138. The van der Waals surface area contributed by atoms with Gasteiger partial charge in [-0.25, -0.2) is 9.78 Å². The predicted molar refractivity (Wildman–Crippen MR) is 128 cm³/mol. The molecule has 1 aromatic heterocycles. The van der Waals surface area contributed by atoms with Gasteiger partial charge in [-0.15, -0.1) is 0 Å². The van der Waals surface area contributed by atoms with Crippen molar-refractivity contribution in [1.82, 2.24) is 14.8 Å². The first-order chi connectivity index (χ1) is 16.0. The van der Waals surface area contributed by atoms with Gasteiger partial charge in [-0.3, -0.25) is 4.68 Å². The van der Waals surface area contributed by atoms with E-state index in [-0.39, 0.29) is 6.10 Å². The zero-order valence-corrected chi connectivity index (χ0v) is 19.5. The molecule has 174 valence electrons. The molecule has 6 heteroatoms. The number of nitrogens with zero attached hydrogens (tertiary/aromatic N) is 3. The third kappa shape index (κ3) is 5.69. The van der Waals surface area contributed by atoms with Crippen LogP contribution in [0.15, 0.2) is 48.8 Å². The van der Waals surface area contributed by atoms with Gasteiger partial charge >= 0.3 is 5.97 Å². The lowest BCUT2D eigenvalue weighted by Crippen LogP contribution is -2.14. The number of benzene rings is 2. The summed E-state index contributed by atoms with van der Waals surface area (Å²) in [7, 11) is 1.90. The maximum Gasteiger partial charge on any atom is 0.336 e. The molecule has 4 rings (SSSR count). The van der Waals surface area contributed by atoms with Gasteiger partial charge in [-0.1, -0.05) is 62.4 Å². The van der Waals surface area contributed by atoms with Crippen LogP contribution >= 0.6 is 0 Å². The van der Waals surface area contributed by atoms with E-state index < -0.39 is 5.97 Å². The van der Waals surface area contributed by atoms with Gasteiger partial charge in [0.25, 0.3) is 0 Å². The SMILES string of the molecule is Cc1ccccc1-c1cc(COC(CCC2CCCCC2)c2ncnn2C)ccc1C(=O)O. The number of carbonyl (C=O) groups is 1. The van der Waals surface area contributed by atoms with E-state index in [0.717, 1.165) is 46.8 Å². The zero-order chi connectivity index (χ0) is 23.2. The van der Waals surface area contributed by atoms with Crippen molar-refractivity contribution in [3.8, 4) is 11.1 Å². The van der Waals surface area contributed by atoms with Crippen molar-refractivity contribution < 1.29 is 14.6 Å². The number of aryl methyl sites for hydroxylation is 2. The summed E-state index contributed by atoms with van der Waals surface area (Å²) in [6.07, 6.45) is 10.1. The largest absolute Gasteiger partial charge is 0.478 e. The average Bonchev–Trinajstić information content (AvgIpc) is 3.25. The first-order valence-electron chi connectivity index (χ1n) is 11.9. The van der Waals surface area contributed by atoms with Gasteiger partial charge in [-0.2, -0.15) is 5.10 Å². The Kier molecular flexibility index (Phi) is 7.55. The Balaban J connectivity index is 1.53. The summed E-state index contributed by atoms with van der Waals surface area (Å²) in [5.74, 6) is 0.679. The van der Waals surface area contributed by atoms with Crippen molar-refractivity contribution in [3.63, 3.8) is 0 Å². The summed E-state index contributed by atoms with van der Waals surface area (Å²) in [6.45, 7) is 2.39. The highest BCUT2D eigenvalue weighted by Crippen LogP contribution is 2.33. The van der Waals surface area contributed by atoms with E-state index in [2.05, 4.69) is 10.1 Å². The highest BCUT2D eigenvalue weighted by Gasteiger charge is 2.22. The average molecular weight is 448 g/mol. The van der Waals surface area contributed by atoms with Crippen LogP contribution in [0.2, 0.25) is 0 Å². The fraction of sp³-hybridized carbons (Fsp3) is 0.444. The number of ether oxygens (including phenoxy) is 1. The van der Waals surface area contributed by atoms with Crippen molar-refractivity contribution in [2.45, 2.75) is 64.6 Å². The van der Waals surface area contributed by atoms with E-state index in [4.69, 9.17) is 4.74 Å². The minimum atomic E-state index is -0.926. The number of rotatable bonds is 9. The van der Waals surface area contributed by atoms with E-state index in [1.807, 2.05) is 50.4 Å². The quantitative estimate of drug-likeness (QED) is 0.428. The summed E-state index contributed by atoms with van der Waals surface area (Å²) >= 11 is 0. The van der Waals surface area contributed by atoms with Crippen LogP contribution in [-0.2, 0) is 18.4 Å². The summed E-state index contributed by atoms with van der Waals surface area (Å²) in [6, 6.07) is 13.3. The monoisotopic (exact) mass is 447 g/mol. The van der Waals surface area contributed by atoms with E-state index in [1.54, 1.807) is 17.1 Å². The van der Waals surface area contributed by atoms with Gasteiger partial charge in [0.15, 0.2) is 5.82 Å². The molecular weight excluding hydrogens is 414 g/mol. The second kappa shape index (κ2) is 10.8. The lowest BCUT2D eigenvalue weighted by molar-refractivity contribution is 0.0205. The van der Waals surface area contributed by atoms with Gasteiger partial charge < -0.3 is 9.84 Å². The van der Waals surface area contributed by atoms with Crippen molar-refractivity contribution in [2.24, 2.45) is 13.0 Å². The molecule has 0 spiro atoms. The molecule has 1 unspecified atom stereocenters. The van der Waals surface area contributed by atoms with Gasteiger partial charge in [0.1, 0.15) is 12.4 Å². The summed E-state index contributed by atoms with van der Waals surface area (Å²) < 4.78 is 8.18. The molecule has 1 heterocycles. The highest BCUT2D eigenvalue weighted by molar-refractivity contribution is 5.96. The molecule has 0 aliphatic heterocycles. The Morgan fingerprint density at radius 3 is 2.64 bits per heavy atom. The topological polar surface area (TPSA) is 77.2 Å². The fourth-order valence-electron chi connectivity index (χ4n) is 4.91. The van der Waals surface area contributed by atoms with E-state index >= 15 is 0 Å². The molecule has 0 bridgehead atoms. The van der Waals surface area contributed by atoms with Crippen LogP contribution < -0.4 is 0 Å². The van der Waals surface area contributed by atoms with E-state index in [0.29, 0.717) is 12.2 Å². The van der Waals surface area contributed by atoms with Crippen LogP contribution in [0, 0.1) is 12.8 Å². The molecule has 6 nitrogen and oxygen atoms in total. The predicted octanol–water partition coefficient (Wildman–Crippen LogP) is 6.11. The maximum atomic E-state index is 11.9. The van der Waals surface area contributed by atoms with Crippen LogP contribution in [0.1, 0.15) is 78.4 Å². The number of hydrogen-bond acceptors (Lipinski definition) is 4. The molecule has 2 aromatic carbocycles. The first kappa shape index (κ1) is 23.2. The molecule has 0 radical (unpaired) electrons. The van der Waals surface area contributed by atoms with Crippen LogP contribution in [0.3, 0.4) is 0 Å². The fourth-order valence-corrected chi connectivity index (χ4v) is 4.91. The summed E-state index contributed by atoms with van der Waals surface area (Å²) in [5, 5.41) is 14.0. The Morgan fingerprint density at radius 1 is 1.15 bits per heavy atom. The number of aromatic nitrogens is 3. The van der Waals surface area contributed by atoms with Gasteiger partial charge in [0, 0.05) is 7.05 Å². The second-order valence-corrected chi connectivity index (χ2v) is 9.12. The van der Waals surface area contributed by atoms with Gasteiger partial charge in [-0.05, 0) is 60.1 Å². The molecule has 1 N–H and O–H groups in total. The lowest BCUT2D eigenvalue weighted by Gasteiger charge is -2.24. The minimum Gasteiger partial charge on any atom is -0.478 e. The Hall–Kier alpha value is -2.99. The van der Waals surface area contributed by atoms with E-state index in [1.165, 1.54) is 32.1 Å². The molecule has 1 atom stereocenters. The third-order valence-corrected chi connectivity index (χ3v) is 6.80. The molecule has 0 saturated heterocycles. The number of hydrogen-bond donors (Lipinski definition) is 1. The number of carboxylic acid groups (broad SMARTS) is 1. The molecule has 1 aliphatic rings. The van der Waals surface area contributed by atoms with Crippen molar-refractivity contribution in [2.75, 3.05) is 0 Å². The molecule has 1 aliphatic carbocycles. The second-order valence-electron chi connectivity index (χ2n) is 9.12. The smallest absolute Gasteiger partial charge is 0.336 e. The van der Waals surface area contributed by atoms with Gasteiger partial charge in [0.05, 0.1) is 12.2 Å². The molecule has 1 saturated carbocycles. The Bertz CT molecular complexity index is 1090. The molecule has 1 fully saturated rings. The standard InChI is InChI=1S/C27H33N3O3/c1-19-8-6-7-11-22(19)24-16-21(12-14-23(24)27(31)32)17-33-25(26-28-18-29-30(26)2)15-13-20-9-4-3-5-10-20/h6-8,11-12,14,16,18,20,25H,3-5,9-10,13,15,17H2,1-2H3,(H,31,32). The maximum absolute atomic E-state index is 11.9. The lowest BCUT2D eigenvalue weighted by atomic mass is 9.85. The normalized spacial score (nSPS) is 15.5. The van der Waals surface area contributed by atoms with Crippen LogP contribution in [0.25, 0.3) is 11.1 Å². The number of carboxylic acids is 1. The summed E-state index contributed by atoms with van der Waals surface area (Å²) in [5.41, 5.74) is 3.94. The van der Waals surface area contributed by atoms with Gasteiger partial charge in [0.2, 0.25) is 0 Å². The zero-order valence-electron chi connectivity index (χ0n) is 19.5. The van der Waals surface area contributed by atoms with Crippen LogP contribution in [-0.4, -0.2) is 25.8 Å². The van der Waals surface area contributed by atoms with Crippen molar-refractivity contribution in [3.05, 3.63) is 71.3 Å². The Labute approximate surface area is 195 Å².